The Hall–Kier alpha value is -2.81. The first-order valence-electron chi connectivity index (χ1n) is 7.93. The number of para-hydroxylation sites is 1. The van der Waals surface area contributed by atoms with Gasteiger partial charge in [-0.2, -0.15) is 5.26 Å². The van der Waals surface area contributed by atoms with Crippen molar-refractivity contribution in [1.82, 2.24) is 4.90 Å². The van der Waals surface area contributed by atoms with Gasteiger partial charge in [0.25, 0.3) is 5.91 Å². The molecule has 0 N–H and O–H groups in total. The van der Waals surface area contributed by atoms with Crippen LogP contribution in [-0.4, -0.2) is 43.0 Å². The zero-order valence-electron chi connectivity index (χ0n) is 14.2. The number of nitrogens with zero attached hydrogens (tertiary/aromatic N) is 3. The second-order valence-corrected chi connectivity index (χ2v) is 5.35. The second kappa shape index (κ2) is 7.64. The number of anilines is 1. The third kappa shape index (κ3) is 3.11. The van der Waals surface area contributed by atoms with Crippen LogP contribution in [0.15, 0.2) is 41.6 Å². The van der Waals surface area contributed by atoms with E-state index >= 15 is 0 Å². The molecule has 1 unspecified atom stereocenters. The Kier molecular flexibility index (Phi) is 5.59. The van der Waals surface area contributed by atoms with Crippen LogP contribution in [0.3, 0.4) is 0 Å². The molecule has 126 valence electrons. The monoisotopic (exact) mass is 327 g/mol. The molecule has 0 fully saturated rings. The number of hydrogen-bond donors (Lipinski definition) is 0. The van der Waals surface area contributed by atoms with Crippen molar-refractivity contribution in [3.05, 3.63) is 41.6 Å². The zero-order chi connectivity index (χ0) is 17.7. The molecular weight excluding hydrogens is 306 g/mol. The van der Waals surface area contributed by atoms with Crippen molar-refractivity contribution in [3.63, 3.8) is 0 Å². The highest BCUT2D eigenvalue weighted by atomic mass is 16.5. The molecule has 1 aliphatic heterocycles. The van der Waals surface area contributed by atoms with Gasteiger partial charge in [-0.15, -0.1) is 0 Å². The van der Waals surface area contributed by atoms with Crippen LogP contribution in [0.4, 0.5) is 5.69 Å². The van der Waals surface area contributed by atoms with E-state index in [4.69, 9.17) is 4.74 Å². The molecule has 0 radical (unpaired) electrons. The lowest BCUT2D eigenvalue weighted by Crippen LogP contribution is -2.49. The molecule has 1 aromatic rings. The Labute approximate surface area is 141 Å². The summed E-state index contributed by atoms with van der Waals surface area (Å²) in [7, 11) is 1.28. The van der Waals surface area contributed by atoms with Crippen molar-refractivity contribution in [2.75, 3.05) is 25.1 Å². The van der Waals surface area contributed by atoms with Gasteiger partial charge in [0.05, 0.1) is 18.8 Å². The SMILES string of the molecule is CCN(CC)C1=C(C(=O)OC)CC(C#N)N(c2ccccc2)C1=O. The molecular formula is C18H21N3O3. The number of carbonyl (C=O) groups is 2. The van der Waals surface area contributed by atoms with Crippen molar-refractivity contribution < 1.29 is 14.3 Å². The molecule has 1 aromatic carbocycles. The lowest BCUT2D eigenvalue weighted by molar-refractivity contribution is -0.137. The van der Waals surface area contributed by atoms with Gasteiger partial charge in [-0.1, -0.05) is 18.2 Å². The predicted molar refractivity (Wildman–Crippen MR) is 89.9 cm³/mol. The Morgan fingerprint density at radius 2 is 1.96 bits per heavy atom. The lowest BCUT2D eigenvalue weighted by Gasteiger charge is -2.37. The first-order valence-corrected chi connectivity index (χ1v) is 7.93. The summed E-state index contributed by atoms with van der Waals surface area (Å²) in [6.07, 6.45) is 0.148. The molecule has 1 atom stereocenters. The van der Waals surface area contributed by atoms with Crippen LogP contribution in [0.25, 0.3) is 0 Å². The molecule has 2 rings (SSSR count). The van der Waals surface area contributed by atoms with Crippen LogP contribution in [0.1, 0.15) is 20.3 Å². The molecule has 0 saturated heterocycles. The van der Waals surface area contributed by atoms with Crippen LogP contribution in [-0.2, 0) is 14.3 Å². The Balaban J connectivity index is 2.60. The summed E-state index contributed by atoms with van der Waals surface area (Å²) < 4.78 is 4.84. The summed E-state index contributed by atoms with van der Waals surface area (Å²) in [5, 5.41) is 9.52. The largest absolute Gasteiger partial charge is 0.466 e. The molecule has 0 bridgehead atoms. The average molecular weight is 327 g/mol. The van der Waals surface area contributed by atoms with E-state index in [2.05, 4.69) is 6.07 Å². The number of amides is 1. The molecule has 0 aliphatic carbocycles. The van der Waals surface area contributed by atoms with Crippen LogP contribution >= 0.6 is 0 Å². The first kappa shape index (κ1) is 17.5. The molecule has 1 heterocycles. The summed E-state index contributed by atoms with van der Waals surface area (Å²) >= 11 is 0. The van der Waals surface area contributed by atoms with E-state index in [0.29, 0.717) is 24.5 Å². The predicted octanol–water partition coefficient (Wildman–Crippen LogP) is 2.08. The number of carbonyl (C=O) groups excluding carboxylic acids is 2. The molecule has 1 amide bonds. The molecule has 0 spiro atoms. The molecule has 6 nitrogen and oxygen atoms in total. The normalized spacial score (nSPS) is 17.5. The highest BCUT2D eigenvalue weighted by Crippen LogP contribution is 2.31. The smallest absolute Gasteiger partial charge is 0.336 e. The van der Waals surface area contributed by atoms with E-state index in [1.165, 1.54) is 12.0 Å². The number of ether oxygens (including phenoxy) is 1. The average Bonchev–Trinajstić information content (AvgIpc) is 2.63. The fourth-order valence-electron chi connectivity index (χ4n) is 2.92. The maximum atomic E-state index is 13.2. The Morgan fingerprint density at radius 3 is 2.46 bits per heavy atom. The van der Waals surface area contributed by atoms with Crippen LogP contribution in [0.2, 0.25) is 0 Å². The van der Waals surface area contributed by atoms with E-state index in [-0.39, 0.29) is 17.9 Å². The van der Waals surface area contributed by atoms with E-state index in [9.17, 15) is 14.9 Å². The minimum absolute atomic E-state index is 0.148. The van der Waals surface area contributed by atoms with Gasteiger partial charge in [0.2, 0.25) is 0 Å². The molecule has 0 saturated carbocycles. The van der Waals surface area contributed by atoms with Gasteiger partial charge in [0.1, 0.15) is 11.7 Å². The van der Waals surface area contributed by atoms with E-state index in [1.807, 2.05) is 36.9 Å². The van der Waals surface area contributed by atoms with Crippen LogP contribution in [0, 0.1) is 11.3 Å². The number of hydrogen-bond acceptors (Lipinski definition) is 5. The second-order valence-electron chi connectivity index (χ2n) is 5.35. The number of likely N-dealkylation sites (N-methyl/N-ethyl adjacent to an activating group) is 1. The Bertz CT molecular complexity index is 687. The molecule has 24 heavy (non-hydrogen) atoms. The van der Waals surface area contributed by atoms with Crippen LogP contribution < -0.4 is 4.90 Å². The minimum Gasteiger partial charge on any atom is -0.466 e. The van der Waals surface area contributed by atoms with Crippen molar-refractivity contribution in [2.45, 2.75) is 26.3 Å². The van der Waals surface area contributed by atoms with Crippen LogP contribution in [0.5, 0.6) is 0 Å². The number of esters is 1. The van der Waals surface area contributed by atoms with Gasteiger partial charge in [0.15, 0.2) is 0 Å². The van der Waals surface area contributed by atoms with Crippen molar-refractivity contribution in [1.29, 1.82) is 5.26 Å². The summed E-state index contributed by atoms with van der Waals surface area (Å²) in [5.74, 6) is -0.902. The fraction of sp³-hybridized carbons (Fsp3) is 0.389. The first-order chi connectivity index (χ1) is 11.6. The zero-order valence-corrected chi connectivity index (χ0v) is 14.2. The number of methoxy groups -OCH3 is 1. The molecule has 1 aliphatic rings. The van der Waals surface area contributed by atoms with Gasteiger partial charge in [0, 0.05) is 25.2 Å². The summed E-state index contributed by atoms with van der Waals surface area (Å²) in [5.41, 5.74) is 1.23. The molecule has 6 heteroatoms. The summed E-state index contributed by atoms with van der Waals surface area (Å²) in [6.45, 7) is 5.00. The standard InChI is InChI=1S/C18H21N3O3/c1-4-20(5-2)16-15(18(23)24-3)11-14(12-19)21(17(16)22)13-9-7-6-8-10-13/h6-10,14H,4-5,11H2,1-3H3. The summed E-state index contributed by atoms with van der Waals surface area (Å²) in [6, 6.07) is 10.4. The van der Waals surface area contributed by atoms with E-state index in [1.54, 1.807) is 12.1 Å². The maximum Gasteiger partial charge on any atom is 0.336 e. The van der Waals surface area contributed by atoms with Crippen molar-refractivity contribution in [3.8, 4) is 6.07 Å². The Morgan fingerprint density at radius 1 is 1.33 bits per heavy atom. The topological polar surface area (TPSA) is 73.6 Å². The summed E-state index contributed by atoms with van der Waals surface area (Å²) in [4.78, 5) is 28.6. The van der Waals surface area contributed by atoms with E-state index < -0.39 is 12.0 Å². The number of nitriles is 1. The highest BCUT2D eigenvalue weighted by Gasteiger charge is 2.40. The fourth-order valence-corrected chi connectivity index (χ4v) is 2.92. The van der Waals surface area contributed by atoms with Gasteiger partial charge < -0.3 is 9.64 Å². The van der Waals surface area contributed by atoms with Crippen molar-refractivity contribution in [2.24, 2.45) is 0 Å². The van der Waals surface area contributed by atoms with Gasteiger partial charge in [-0.05, 0) is 26.0 Å². The highest BCUT2D eigenvalue weighted by molar-refractivity contribution is 6.12. The van der Waals surface area contributed by atoms with Gasteiger partial charge >= 0.3 is 5.97 Å². The quantitative estimate of drug-likeness (QED) is 0.774. The lowest BCUT2D eigenvalue weighted by atomic mass is 9.96. The van der Waals surface area contributed by atoms with E-state index in [0.717, 1.165) is 0 Å². The van der Waals surface area contributed by atoms with Crippen molar-refractivity contribution >= 4 is 17.6 Å². The third-order valence-electron chi connectivity index (χ3n) is 4.11. The molecule has 0 aromatic heterocycles. The number of rotatable bonds is 5. The van der Waals surface area contributed by atoms with Gasteiger partial charge in [-0.25, -0.2) is 4.79 Å². The van der Waals surface area contributed by atoms with Gasteiger partial charge in [-0.3, -0.25) is 9.69 Å². The number of benzene rings is 1. The maximum absolute atomic E-state index is 13.2. The minimum atomic E-state index is -0.742. The third-order valence-corrected chi connectivity index (χ3v) is 4.11.